The van der Waals surface area contributed by atoms with Crippen LogP contribution in [0.2, 0.25) is 0 Å². The van der Waals surface area contributed by atoms with Gasteiger partial charge in [-0.1, -0.05) is 11.6 Å². The number of hydrogen-bond acceptors (Lipinski definition) is 4. The molecule has 0 aliphatic carbocycles. The summed E-state index contributed by atoms with van der Waals surface area (Å²) in [7, 11) is 0. The van der Waals surface area contributed by atoms with Crippen molar-refractivity contribution in [2.75, 3.05) is 26.2 Å². The van der Waals surface area contributed by atoms with Crippen LogP contribution in [0.1, 0.15) is 25.7 Å². The fraction of sp³-hybridized carbons (Fsp3) is 0.667. The lowest BCUT2D eigenvalue weighted by Gasteiger charge is -1.98. The third-order valence-electron chi connectivity index (χ3n) is 2.57. The molecule has 0 radical (unpaired) electrons. The zero-order valence-corrected chi connectivity index (χ0v) is 11.7. The maximum Gasteiger partial charge on any atom is 0.0830 e. The van der Waals surface area contributed by atoms with Gasteiger partial charge in [0.25, 0.3) is 0 Å². The van der Waals surface area contributed by atoms with Crippen LogP contribution in [0, 0.1) is 0 Å². The molecule has 0 aromatic rings. The molecule has 2 heterocycles. The van der Waals surface area contributed by atoms with Crippen molar-refractivity contribution in [2.24, 2.45) is 0 Å². The Hall–Kier alpha value is -1.11. The Kier molecular flexibility index (Phi) is 11.3. The van der Waals surface area contributed by atoms with Gasteiger partial charge in [0.05, 0.1) is 43.1 Å². The van der Waals surface area contributed by atoms with E-state index >= 15 is 0 Å². The van der Waals surface area contributed by atoms with E-state index < -0.39 is 17.0 Å². The Labute approximate surface area is 117 Å². The van der Waals surface area contributed by atoms with E-state index in [4.69, 9.17) is 11.6 Å². The molecule has 0 spiro atoms. The maximum absolute atomic E-state index is 9.63. The molecule has 0 atom stereocenters. The monoisotopic (exact) mass is 292 g/mol. The number of nitrogens with two attached hydrogens (primary N) is 2. The molecule has 4 N–H and O–H groups in total. The SMILES string of the molecule is C1CC[NH2+]C1.C1CC[NH2+]C1.O=C([O-])/C=C(\Cl)C(=O)[O-]. The van der Waals surface area contributed by atoms with E-state index in [1.165, 1.54) is 51.9 Å². The predicted molar refractivity (Wildman–Crippen MR) is 65.7 cm³/mol. The Morgan fingerprint density at radius 3 is 1.37 bits per heavy atom. The average molecular weight is 293 g/mol. The van der Waals surface area contributed by atoms with Crippen LogP contribution < -0.4 is 20.8 Å². The summed E-state index contributed by atoms with van der Waals surface area (Å²) in [6.07, 6.45) is 6.01. The first-order valence-electron chi connectivity index (χ1n) is 6.47. The normalized spacial score (nSPS) is 17.8. The van der Waals surface area contributed by atoms with Crippen LogP contribution in [-0.2, 0) is 9.59 Å². The smallest absolute Gasteiger partial charge is 0.0830 e. The lowest BCUT2D eigenvalue weighted by atomic mass is 10.4. The van der Waals surface area contributed by atoms with Gasteiger partial charge in [-0.2, -0.15) is 0 Å². The second-order valence-electron chi connectivity index (χ2n) is 4.25. The highest BCUT2D eigenvalue weighted by atomic mass is 35.5. The number of aliphatic carboxylic acids is 2. The van der Waals surface area contributed by atoms with Crippen molar-refractivity contribution in [3.8, 4) is 0 Å². The Morgan fingerprint density at radius 1 is 0.895 bits per heavy atom. The molecule has 7 heteroatoms. The fourth-order valence-corrected chi connectivity index (χ4v) is 1.69. The minimum absolute atomic E-state index is 0.233. The number of halogens is 1. The summed E-state index contributed by atoms with van der Waals surface area (Å²) < 4.78 is 0. The van der Waals surface area contributed by atoms with Gasteiger partial charge in [0.2, 0.25) is 0 Å². The molecule has 2 aliphatic heterocycles. The van der Waals surface area contributed by atoms with Gasteiger partial charge in [0, 0.05) is 25.7 Å². The van der Waals surface area contributed by atoms with E-state index in [2.05, 4.69) is 10.6 Å². The van der Waals surface area contributed by atoms with Crippen LogP contribution in [0.3, 0.4) is 0 Å². The highest BCUT2D eigenvalue weighted by Crippen LogP contribution is 1.96. The van der Waals surface area contributed by atoms with E-state index in [9.17, 15) is 19.8 Å². The van der Waals surface area contributed by atoms with Gasteiger partial charge < -0.3 is 30.4 Å². The van der Waals surface area contributed by atoms with E-state index in [1.54, 1.807) is 0 Å². The number of carbonyl (C=O) groups is 2. The third-order valence-corrected chi connectivity index (χ3v) is 2.84. The molecular formula is C12H21ClN2O4. The van der Waals surface area contributed by atoms with Gasteiger partial charge in [-0.15, -0.1) is 0 Å². The van der Waals surface area contributed by atoms with Gasteiger partial charge in [-0.25, -0.2) is 0 Å². The minimum Gasteiger partial charge on any atom is -0.545 e. The van der Waals surface area contributed by atoms with Crippen LogP contribution in [0.4, 0.5) is 0 Å². The Bertz CT molecular complexity index is 275. The number of quaternary nitrogens is 2. The lowest BCUT2D eigenvalue weighted by molar-refractivity contribution is -0.635. The molecule has 0 unspecified atom stereocenters. The number of carbonyl (C=O) groups excluding carboxylic acids is 2. The van der Waals surface area contributed by atoms with Crippen LogP contribution in [0.5, 0.6) is 0 Å². The van der Waals surface area contributed by atoms with Gasteiger partial charge >= 0.3 is 0 Å². The van der Waals surface area contributed by atoms with Gasteiger partial charge in [-0.05, 0) is 6.08 Å². The second-order valence-corrected chi connectivity index (χ2v) is 4.65. The van der Waals surface area contributed by atoms with Crippen LogP contribution >= 0.6 is 11.6 Å². The first-order chi connectivity index (χ1) is 9.04. The lowest BCUT2D eigenvalue weighted by Crippen LogP contribution is -2.80. The first kappa shape index (κ1) is 17.9. The highest BCUT2D eigenvalue weighted by molar-refractivity contribution is 6.41. The molecule has 6 nitrogen and oxygen atoms in total. The zero-order chi connectivity index (χ0) is 14.5. The second kappa shape index (κ2) is 12.0. The summed E-state index contributed by atoms with van der Waals surface area (Å²) in [5.41, 5.74) is 0. The summed E-state index contributed by atoms with van der Waals surface area (Å²) in [5, 5.41) is 23.0. The summed E-state index contributed by atoms with van der Waals surface area (Å²) in [6.45, 7) is 5.50. The molecule has 0 aromatic carbocycles. The third kappa shape index (κ3) is 13.1. The molecule has 0 amide bonds. The molecule has 2 fully saturated rings. The Balaban J connectivity index is 0.000000273. The quantitative estimate of drug-likeness (QED) is 0.510. The van der Waals surface area contributed by atoms with Crippen molar-refractivity contribution in [2.45, 2.75) is 25.7 Å². The topological polar surface area (TPSA) is 113 Å². The standard InChI is InChI=1S/C4H3ClO4.2C4H9N/c5-2(4(8)9)1-3(6)7;2*1-2-4-5-3-1/h1H,(H,6,7)(H,8,9);2*5H,1-4H2/b2-1-;;. The van der Waals surface area contributed by atoms with Crippen molar-refractivity contribution < 1.29 is 30.4 Å². The zero-order valence-electron chi connectivity index (χ0n) is 10.9. The highest BCUT2D eigenvalue weighted by Gasteiger charge is 1.98. The fourth-order valence-electron chi connectivity index (χ4n) is 1.61. The number of carboxylic acid groups (broad SMARTS) is 2. The maximum atomic E-state index is 9.63. The number of carboxylic acids is 2. The molecule has 0 bridgehead atoms. The van der Waals surface area contributed by atoms with E-state index in [1.807, 2.05) is 0 Å². The van der Waals surface area contributed by atoms with Crippen molar-refractivity contribution in [1.82, 2.24) is 0 Å². The molecule has 19 heavy (non-hydrogen) atoms. The number of rotatable bonds is 2. The average Bonchev–Trinajstić information content (AvgIpc) is 3.07. The molecule has 2 rings (SSSR count). The summed E-state index contributed by atoms with van der Waals surface area (Å²) in [5.74, 6) is -3.40. The predicted octanol–water partition coefficient (Wildman–Crippen LogP) is -3.70. The Morgan fingerprint density at radius 2 is 1.26 bits per heavy atom. The van der Waals surface area contributed by atoms with E-state index in [-0.39, 0.29) is 6.08 Å². The number of hydrogen-bond donors (Lipinski definition) is 2. The molecule has 0 aromatic heterocycles. The molecule has 0 saturated carbocycles. The van der Waals surface area contributed by atoms with Crippen LogP contribution in [0.15, 0.2) is 11.1 Å². The van der Waals surface area contributed by atoms with Crippen molar-refractivity contribution in [1.29, 1.82) is 0 Å². The van der Waals surface area contributed by atoms with Gasteiger partial charge in [0.1, 0.15) is 0 Å². The van der Waals surface area contributed by atoms with Crippen molar-refractivity contribution in [3.05, 3.63) is 11.1 Å². The van der Waals surface area contributed by atoms with Crippen molar-refractivity contribution >= 4 is 23.5 Å². The van der Waals surface area contributed by atoms with E-state index in [0.717, 1.165) is 0 Å². The summed E-state index contributed by atoms with van der Waals surface area (Å²) in [6, 6.07) is 0. The molecule has 110 valence electrons. The van der Waals surface area contributed by atoms with Gasteiger partial charge in [-0.3, -0.25) is 0 Å². The van der Waals surface area contributed by atoms with Crippen LogP contribution in [-0.4, -0.2) is 38.1 Å². The largest absolute Gasteiger partial charge is 0.545 e. The van der Waals surface area contributed by atoms with E-state index in [0.29, 0.717) is 0 Å². The van der Waals surface area contributed by atoms with Crippen LogP contribution in [0.25, 0.3) is 0 Å². The molecule has 2 saturated heterocycles. The van der Waals surface area contributed by atoms with Crippen molar-refractivity contribution in [3.63, 3.8) is 0 Å². The minimum atomic E-state index is -1.74. The summed E-state index contributed by atoms with van der Waals surface area (Å²) in [4.78, 5) is 19.2. The molecular weight excluding hydrogens is 272 g/mol. The summed E-state index contributed by atoms with van der Waals surface area (Å²) >= 11 is 4.79. The van der Waals surface area contributed by atoms with Gasteiger partial charge in [0.15, 0.2) is 0 Å². The molecule has 2 aliphatic rings. The first-order valence-corrected chi connectivity index (χ1v) is 6.84.